The summed E-state index contributed by atoms with van der Waals surface area (Å²) in [6.07, 6.45) is 13.8. The van der Waals surface area contributed by atoms with Gasteiger partial charge in [0.1, 0.15) is 5.75 Å². The van der Waals surface area contributed by atoms with Crippen molar-refractivity contribution in [1.29, 1.82) is 0 Å². The summed E-state index contributed by atoms with van der Waals surface area (Å²) in [4.78, 5) is 24.9. The molecular formula is C34H42O6. The zero-order valence-electron chi connectivity index (χ0n) is 23.8. The molecule has 40 heavy (non-hydrogen) atoms. The van der Waals surface area contributed by atoms with Gasteiger partial charge in [0.2, 0.25) is 0 Å². The van der Waals surface area contributed by atoms with Gasteiger partial charge in [-0.3, -0.25) is 4.79 Å². The highest BCUT2D eigenvalue weighted by atomic mass is 16.7. The molecule has 4 aliphatic rings. The summed E-state index contributed by atoms with van der Waals surface area (Å²) in [5.41, 5.74) is 4.04. The third-order valence-electron chi connectivity index (χ3n) is 9.19. The molecule has 214 valence electrons. The number of ether oxygens (including phenoxy) is 3. The van der Waals surface area contributed by atoms with Gasteiger partial charge in [0.15, 0.2) is 12.6 Å². The van der Waals surface area contributed by atoms with E-state index < -0.39 is 5.97 Å². The number of carboxylic acid groups (broad SMARTS) is 1. The molecule has 4 saturated carbocycles. The molecule has 2 aromatic carbocycles. The summed E-state index contributed by atoms with van der Waals surface area (Å²) < 4.78 is 17.1. The van der Waals surface area contributed by atoms with Crippen molar-refractivity contribution >= 4 is 17.8 Å². The zero-order chi connectivity index (χ0) is 28.1. The summed E-state index contributed by atoms with van der Waals surface area (Å²) in [5.74, 6) is 2.19. The second kappa shape index (κ2) is 12.7. The van der Waals surface area contributed by atoms with Crippen LogP contribution in [-0.4, -0.2) is 44.0 Å². The Hall–Kier alpha value is -2.96. The maximum absolute atomic E-state index is 13.7. The molecule has 0 spiro atoms. The van der Waals surface area contributed by atoms with Gasteiger partial charge in [0, 0.05) is 18.2 Å². The average Bonchev–Trinajstić information content (AvgIpc) is 2.94. The Kier molecular flexibility index (Phi) is 9.07. The second-order valence-electron chi connectivity index (χ2n) is 12.1. The normalized spacial score (nSPS) is 25.0. The SMILES string of the molecule is CCCCc1cc(OCOCCOC)c(C23CC4CC(CC(C4)C2)C3)cc1C(=O)/C=C/c1ccc(C(=O)O)cc1. The van der Waals surface area contributed by atoms with Crippen LogP contribution in [0.25, 0.3) is 6.08 Å². The maximum atomic E-state index is 13.7. The van der Waals surface area contributed by atoms with Crippen molar-refractivity contribution in [3.63, 3.8) is 0 Å². The molecule has 6 nitrogen and oxygen atoms in total. The van der Waals surface area contributed by atoms with Crippen LogP contribution in [0.2, 0.25) is 0 Å². The fourth-order valence-corrected chi connectivity index (χ4v) is 7.70. The largest absolute Gasteiger partial charge is 0.478 e. The van der Waals surface area contributed by atoms with E-state index >= 15 is 0 Å². The van der Waals surface area contributed by atoms with E-state index in [1.54, 1.807) is 43.5 Å². The lowest BCUT2D eigenvalue weighted by Gasteiger charge is -2.57. The first-order valence-corrected chi connectivity index (χ1v) is 14.8. The summed E-state index contributed by atoms with van der Waals surface area (Å²) in [6, 6.07) is 10.9. The van der Waals surface area contributed by atoms with Gasteiger partial charge < -0.3 is 19.3 Å². The summed E-state index contributed by atoms with van der Waals surface area (Å²) in [5, 5.41) is 9.18. The highest BCUT2D eigenvalue weighted by Crippen LogP contribution is 2.62. The van der Waals surface area contributed by atoms with Crippen molar-refractivity contribution in [3.8, 4) is 5.75 Å². The molecule has 0 unspecified atom stereocenters. The molecule has 0 radical (unpaired) electrons. The van der Waals surface area contributed by atoms with E-state index in [9.17, 15) is 14.7 Å². The van der Waals surface area contributed by atoms with Crippen molar-refractivity contribution in [2.24, 2.45) is 17.8 Å². The minimum Gasteiger partial charge on any atom is -0.478 e. The molecule has 4 aliphatic carbocycles. The van der Waals surface area contributed by atoms with Crippen LogP contribution in [0.4, 0.5) is 0 Å². The highest BCUT2D eigenvalue weighted by molar-refractivity contribution is 6.08. The van der Waals surface area contributed by atoms with E-state index in [1.165, 1.54) is 44.1 Å². The number of unbranched alkanes of at least 4 members (excludes halogenated alkanes) is 1. The Bertz CT molecular complexity index is 1190. The number of carboxylic acids is 1. The number of rotatable bonds is 14. The van der Waals surface area contributed by atoms with Gasteiger partial charge in [-0.2, -0.15) is 0 Å². The molecule has 0 aromatic heterocycles. The molecule has 2 aromatic rings. The van der Waals surface area contributed by atoms with Gasteiger partial charge in [-0.25, -0.2) is 4.79 Å². The summed E-state index contributed by atoms with van der Waals surface area (Å²) in [7, 11) is 1.66. The fourth-order valence-electron chi connectivity index (χ4n) is 7.70. The Morgan fingerprint density at radius 2 is 1.68 bits per heavy atom. The molecular weight excluding hydrogens is 504 g/mol. The van der Waals surface area contributed by atoms with Gasteiger partial charge >= 0.3 is 5.97 Å². The maximum Gasteiger partial charge on any atom is 0.335 e. The van der Waals surface area contributed by atoms with E-state index in [1.807, 2.05) is 0 Å². The topological polar surface area (TPSA) is 82.1 Å². The lowest BCUT2D eigenvalue weighted by atomic mass is 9.48. The minimum absolute atomic E-state index is 0.0257. The zero-order valence-corrected chi connectivity index (χ0v) is 23.8. The monoisotopic (exact) mass is 546 g/mol. The second-order valence-corrected chi connectivity index (χ2v) is 12.1. The molecule has 4 bridgehead atoms. The van der Waals surface area contributed by atoms with Crippen LogP contribution in [0.3, 0.4) is 0 Å². The molecule has 6 heteroatoms. The number of allylic oxidation sites excluding steroid dienone is 1. The van der Waals surface area contributed by atoms with Gasteiger partial charge in [-0.1, -0.05) is 31.6 Å². The van der Waals surface area contributed by atoms with Crippen molar-refractivity contribution < 1.29 is 28.9 Å². The number of ketones is 1. The Morgan fingerprint density at radius 3 is 2.27 bits per heavy atom. The number of methoxy groups -OCH3 is 1. The van der Waals surface area contributed by atoms with E-state index in [0.29, 0.717) is 13.2 Å². The first-order chi connectivity index (χ1) is 19.4. The summed E-state index contributed by atoms with van der Waals surface area (Å²) >= 11 is 0. The number of carbonyl (C=O) groups excluding carboxylic acids is 1. The van der Waals surface area contributed by atoms with Crippen molar-refractivity contribution in [2.75, 3.05) is 27.1 Å². The molecule has 0 amide bonds. The van der Waals surface area contributed by atoms with E-state index in [0.717, 1.165) is 59.5 Å². The standard InChI is InChI=1S/C34H42O6/c1-3-4-5-28-17-32(40-22-39-13-12-38-2)30(34-19-24-14-25(20-34)16-26(15-24)21-34)18-29(28)31(35)11-8-23-6-9-27(10-7-23)33(36)37/h6-11,17-18,24-26H,3-5,12-16,19-22H2,1-2H3,(H,36,37)/b11-8+. The first-order valence-electron chi connectivity index (χ1n) is 14.8. The number of aryl methyl sites for hydroxylation is 1. The predicted octanol–water partition coefficient (Wildman–Crippen LogP) is 7.09. The third kappa shape index (κ3) is 6.34. The Morgan fingerprint density at radius 1 is 1.00 bits per heavy atom. The van der Waals surface area contributed by atoms with E-state index in [2.05, 4.69) is 19.1 Å². The molecule has 0 heterocycles. The number of benzene rings is 2. The average molecular weight is 547 g/mol. The van der Waals surface area contributed by atoms with Crippen LogP contribution in [-0.2, 0) is 21.3 Å². The Labute approximate surface area is 237 Å². The van der Waals surface area contributed by atoms with Crippen LogP contribution in [0, 0.1) is 17.8 Å². The molecule has 1 N–H and O–H groups in total. The van der Waals surface area contributed by atoms with Gasteiger partial charge in [0.25, 0.3) is 0 Å². The van der Waals surface area contributed by atoms with Gasteiger partial charge in [0.05, 0.1) is 18.8 Å². The van der Waals surface area contributed by atoms with Crippen LogP contribution in [0.5, 0.6) is 5.75 Å². The molecule has 0 atom stereocenters. The fraction of sp³-hybridized carbons (Fsp3) is 0.529. The first kappa shape index (κ1) is 28.6. The lowest BCUT2D eigenvalue weighted by Crippen LogP contribution is -2.48. The molecule has 0 aliphatic heterocycles. The predicted molar refractivity (Wildman–Crippen MR) is 155 cm³/mol. The number of hydrogen-bond donors (Lipinski definition) is 1. The van der Waals surface area contributed by atoms with Crippen molar-refractivity contribution in [3.05, 3.63) is 70.3 Å². The van der Waals surface area contributed by atoms with Crippen LogP contribution in [0.15, 0.2) is 42.5 Å². The third-order valence-corrected chi connectivity index (χ3v) is 9.19. The molecule has 4 fully saturated rings. The number of carbonyl (C=O) groups is 2. The summed E-state index contributed by atoms with van der Waals surface area (Å²) in [6.45, 7) is 3.31. The van der Waals surface area contributed by atoms with Crippen LogP contribution >= 0.6 is 0 Å². The highest BCUT2D eigenvalue weighted by Gasteiger charge is 2.52. The quantitative estimate of drug-likeness (QED) is 0.118. The Balaban J connectivity index is 1.48. The number of hydrogen-bond acceptors (Lipinski definition) is 5. The number of aromatic carboxylic acids is 1. The van der Waals surface area contributed by atoms with E-state index in [4.69, 9.17) is 14.2 Å². The van der Waals surface area contributed by atoms with Crippen molar-refractivity contribution in [1.82, 2.24) is 0 Å². The minimum atomic E-state index is -0.962. The molecule has 6 rings (SSSR count). The van der Waals surface area contributed by atoms with Crippen LogP contribution < -0.4 is 4.74 Å². The van der Waals surface area contributed by atoms with Crippen LogP contribution in [0.1, 0.15) is 95.7 Å². The van der Waals surface area contributed by atoms with E-state index in [-0.39, 0.29) is 23.6 Å². The smallest absolute Gasteiger partial charge is 0.335 e. The van der Waals surface area contributed by atoms with Gasteiger partial charge in [-0.05, 0) is 116 Å². The van der Waals surface area contributed by atoms with Gasteiger partial charge in [-0.15, -0.1) is 0 Å². The lowest BCUT2D eigenvalue weighted by molar-refractivity contribution is -0.0190. The molecule has 0 saturated heterocycles. The van der Waals surface area contributed by atoms with Crippen molar-refractivity contribution in [2.45, 2.75) is 70.1 Å².